The van der Waals surface area contributed by atoms with Crippen molar-refractivity contribution >= 4 is 5.91 Å². The monoisotopic (exact) mass is 230 g/mol. The summed E-state index contributed by atoms with van der Waals surface area (Å²) in [5.74, 6) is 0.547. The molecule has 0 atom stereocenters. The molecule has 1 aromatic heterocycles. The lowest BCUT2D eigenvalue weighted by atomic mass is 10.0. The Morgan fingerprint density at radius 3 is 2.94 bits per heavy atom. The van der Waals surface area contributed by atoms with Gasteiger partial charge in [-0.3, -0.25) is 9.89 Å². The topological polar surface area (TPSA) is 70.7 Å². The molecule has 0 radical (unpaired) electrons. The average molecular weight is 230 g/mol. The summed E-state index contributed by atoms with van der Waals surface area (Å²) in [4.78, 5) is 15.9. The van der Waals surface area contributed by atoms with Gasteiger partial charge in [-0.1, -0.05) is 12.1 Å². The Labute approximate surface area is 99.3 Å². The van der Waals surface area contributed by atoms with Crippen LogP contribution in [0.3, 0.4) is 0 Å². The Balaban J connectivity index is 2.07. The first-order chi connectivity index (χ1) is 8.18. The van der Waals surface area contributed by atoms with Crippen molar-refractivity contribution in [3.05, 3.63) is 47.0 Å². The summed E-state index contributed by atoms with van der Waals surface area (Å²) in [6.07, 6.45) is 1.42. The van der Waals surface area contributed by atoms with Crippen molar-refractivity contribution < 1.29 is 4.79 Å². The largest absolute Gasteiger partial charge is 0.345 e. The van der Waals surface area contributed by atoms with Gasteiger partial charge in [-0.15, -0.1) is 0 Å². The van der Waals surface area contributed by atoms with Crippen LogP contribution in [0, 0.1) is 13.8 Å². The van der Waals surface area contributed by atoms with E-state index in [1.165, 1.54) is 6.33 Å². The number of aromatic amines is 1. The van der Waals surface area contributed by atoms with Crippen molar-refractivity contribution in [2.75, 3.05) is 0 Å². The number of carbonyl (C=O) groups excluding carboxylic acids is 1. The summed E-state index contributed by atoms with van der Waals surface area (Å²) in [6.45, 7) is 4.29. The number of nitrogens with one attached hydrogen (secondary N) is 2. The van der Waals surface area contributed by atoms with Gasteiger partial charge in [-0.2, -0.15) is 5.10 Å². The van der Waals surface area contributed by atoms with Crippen molar-refractivity contribution in [2.24, 2.45) is 0 Å². The summed E-state index contributed by atoms with van der Waals surface area (Å²) < 4.78 is 0. The molecule has 0 saturated carbocycles. The Bertz CT molecular complexity index is 519. The predicted octanol–water partition coefficient (Wildman–Crippen LogP) is 1.35. The zero-order chi connectivity index (χ0) is 12.3. The van der Waals surface area contributed by atoms with Gasteiger partial charge in [-0.25, -0.2) is 4.98 Å². The summed E-state index contributed by atoms with van der Waals surface area (Å²) >= 11 is 0. The van der Waals surface area contributed by atoms with Gasteiger partial charge in [0.1, 0.15) is 12.2 Å². The molecule has 0 bridgehead atoms. The van der Waals surface area contributed by atoms with E-state index in [9.17, 15) is 4.79 Å². The first kappa shape index (κ1) is 11.3. The standard InChI is InChI=1S/C12H14N4O/c1-8-4-3-5-10(9(8)2)12(17)13-6-11-14-7-15-16-11/h3-5,7H,6H2,1-2H3,(H,13,17)(H,14,15,16). The fourth-order valence-electron chi connectivity index (χ4n) is 1.57. The molecule has 2 N–H and O–H groups in total. The number of aryl methyl sites for hydroxylation is 1. The van der Waals surface area contributed by atoms with Crippen molar-refractivity contribution in [1.82, 2.24) is 20.5 Å². The number of H-pyrrole nitrogens is 1. The third-order valence-corrected chi connectivity index (χ3v) is 2.73. The van der Waals surface area contributed by atoms with Crippen LogP contribution < -0.4 is 5.32 Å². The molecule has 0 saturated heterocycles. The lowest BCUT2D eigenvalue weighted by Crippen LogP contribution is -2.24. The zero-order valence-electron chi connectivity index (χ0n) is 9.82. The van der Waals surface area contributed by atoms with Gasteiger partial charge in [0, 0.05) is 5.56 Å². The van der Waals surface area contributed by atoms with Crippen LogP contribution in [0.2, 0.25) is 0 Å². The van der Waals surface area contributed by atoms with Crippen LogP contribution in [0.4, 0.5) is 0 Å². The van der Waals surface area contributed by atoms with Crippen LogP contribution in [0.15, 0.2) is 24.5 Å². The lowest BCUT2D eigenvalue weighted by molar-refractivity contribution is 0.0949. The number of carbonyl (C=O) groups is 1. The number of rotatable bonds is 3. The molecule has 0 aliphatic rings. The first-order valence-corrected chi connectivity index (χ1v) is 5.37. The van der Waals surface area contributed by atoms with Gasteiger partial charge in [0.15, 0.2) is 0 Å². The number of hydrogen-bond acceptors (Lipinski definition) is 3. The van der Waals surface area contributed by atoms with E-state index < -0.39 is 0 Å². The Morgan fingerprint density at radius 1 is 1.41 bits per heavy atom. The number of nitrogens with zero attached hydrogens (tertiary/aromatic N) is 2. The molecule has 2 aromatic rings. The predicted molar refractivity (Wildman–Crippen MR) is 63.5 cm³/mol. The van der Waals surface area contributed by atoms with Crippen molar-refractivity contribution in [1.29, 1.82) is 0 Å². The maximum atomic E-state index is 11.9. The van der Waals surface area contributed by atoms with Gasteiger partial charge >= 0.3 is 0 Å². The minimum Gasteiger partial charge on any atom is -0.345 e. The molecule has 2 rings (SSSR count). The van der Waals surface area contributed by atoms with Crippen LogP contribution in [-0.2, 0) is 6.54 Å². The van der Waals surface area contributed by atoms with Gasteiger partial charge in [0.2, 0.25) is 0 Å². The molecular weight excluding hydrogens is 216 g/mol. The molecule has 0 fully saturated rings. The second kappa shape index (κ2) is 4.78. The van der Waals surface area contributed by atoms with Crippen LogP contribution in [0.5, 0.6) is 0 Å². The number of aromatic nitrogens is 3. The maximum absolute atomic E-state index is 11.9. The highest BCUT2D eigenvalue weighted by Gasteiger charge is 2.09. The highest BCUT2D eigenvalue weighted by Crippen LogP contribution is 2.12. The summed E-state index contributed by atoms with van der Waals surface area (Å²) in [5.41, 5.74) is 2.81. The third kappa shape index (κ3) is 2.50. The van der Waals surface area contributed by atoms with Crippen LogP contribution in [0.25, 0.3) is 0 Å². The molecule has 1 heterocycles. The van der Waals surface area contributed by atoms with E-state index in [-0.39, 0.29) is 5.91 Å². The van der Waals surface area contributed by atoms with E-state index in [0.717, 1.165) is 11.1 Å². The fourth-order valence-corrected chi connectivity index (χ4v) is 1.57. The number of benzene rings is 1. The molecule has 5 heteroatoms. The maximum Gasteiger partial charge on any atom is 0.251 e. The van der Waals surface area contributed by atoms with E-state index in [1.807, 2.05) is 32.0 Å². The normalized spacial score (nSPS) is 10.2. The van der Waals surface area contributed by atoms with Crippen LogP contribution >= 0.6 is 0 Å². The quantitative estimate of drug-likeness (QED) is 0.836. The summed E-state index contributed by atoms with van der Waals surface area (Å²) in [6, 6.07) is 5.69. The molecule has 0 spiro atoms. The lowest BCUT2D eigenvalue weighted by Gasteiger charge is -2.08. The fraction of sp³-hybridized carbons (Fsp3) is 0.250. The highest BCUT2D eigenvalue weighted by atomic mass is 16.1. The molecule has 0 aliphatic heterocycles. The molecule has 0 unspecified atom stereocenters. The number of amides is 1. The van der Waals surface area contributed by atoms with Gasteiger partial charge in [0.05, 0.1) is 6.54 Å². The van der Waals surface area contributed by atoms with E-state index in [1.54, 1.807) is 0 Å². The second-order valence-electron chi connectivity index (χ2n) is 3.86. The SMILES string of the molecule is Cc1cccc(C(=O)NCc2ncn[nH]2)c1C. The molecule has 88 valence electrons. The Kier molecular flexibility index (Phi) is 3.18. The first-order valence-electron chi connectivity index (χ1n) is 5.37. The Hall–Kier alpha value is -2.17. The summed E-state index contributed by atoms with van der Waals surface area (Å²) in [5, 5.41) is 9.21. The van der Waals surface area contributed by atoms with Gasteiger partial charge in [-0.05, 0) is 31.0 Å². The average Bonchev–Trinajstić information content (AvgIpc) is 2.82. The molecule has 5 nitrogen and oxygen atoms in total. The van der Waals surface area contributed by atoms with Gasteiger partial charge in [0.25, 0.3) is 5.91 Å². The Morgan fingerprint density at radius 2 is 2.24 bits per heavy atom. The molecule has 17 heavy (non-hydrogen) atoms. The van der Waals surface area contributed by atoms with E-state index in [2.05, 4.69) is 20.5 Å². The molecule has 1 aromatic carbocycles. The second-order valence-corrected chi connectivity index (χ2v) is 3.86. The molecule has 1 amide bonds. The highest BCUT2D eigenvalue weighted by molar-refractivity contribution is 5.95. The minimum atomic E-state index is -0.0948. The van der Waals surface area contributed by atoms with Crippen molar-refractivity contribution in [3.63, 3.8) is 0 Å². The third-order valence-electron chi connectivity index (χ3n) is 2.73. The van der Waals surface area contributed by atoms with Crippen molar-refractivity contribution in [2.45, 2.75) is 20.4 Å². The summed E-state index contributed by atoms with van der Waals surface area (Å²) in [7, 11) is 0. The molecule has 0 aliphatic carbocycles. The van der Waals surface area contributed by atoms with E-state index in [4.69, 9.17) is 0 Å². The zero-order valence-corrected chi connectivity index (χ0v) is 9.82. The smallest absolute Gasteiger partial charge is 0.251 e. The number of hydrogen-bond donors (Lipinski definition) is 2. The van der Waals surface area contributed by atoms with E-state index >= 15 is 0 Å². The minimum absolute atomic E-state index is 0.0948. The van der Waals surface area contributed by atoms with E-state index in [0.29, 0.717) is 17.9 Å². The molecular formula is C12H14N4O. The van der Waals surface area contributed by atoms with Gasteiger partial charge < -0.3 is 5.32 Å². The van der Waals surface area contributed by atoms with Crippen LogP contribution in [0.1, 0.15) is 27.3 Å². The van der Waals surface area contributed by atoms with Crippen molar-refractivity contribution in [3.8, 4) is 0 Å². The van der Waals surface area contributed by atoms with Crippen LogP contribution in [-0.4, -0.2) is 21.1 Å².